The lowest BCUT2D eigenvalue weighted by molar-refractivity contribution is -0.123. The summed E-state index contributed by atoms with van der Waals surface area (Å²) in [7, 11) is 0. The Balaban J connectivity index is 1.96. The zero-order valence-electron chi connectivity index (χ0n) is 18.0. The summed E-state index contributed by atoms with van der Waals surface area (Å²) in [6.07, 6.45) is 1.53. The fourth-order valence-electron chi connectivity index (χ4n) is 2.58. The minimum Gasteiger partial charge on any atom is -0.493 e. The molecule has 0 aliphatic carbocycles. The molecule has 1 atom stereocenters. The molecule has 2 aromatic carbocycles. The Bertz CT molecular complexity index is 928. The van der Waals surface area contributed by atoms with Gasteiger partial charge in [0.25, 0.3) is 11.8 Å². The molecule has 0 aliphatic heterocycles. The molecule has 0 bridgehead atoms. The number of nitrogens with one attached hydrogen (secondary N) is 2. The second kappa shape index (κ2) is 11.7. The molecule has 2 rings (SSSR count). The van der Waals surface area contributed by atoms with E-state index in [1.54, 1.807) is 6.07 Å². The van der Waals surface area contributed by atoms with Gasteiger partial charge in [-0.05, 0) is 59.9 Å². The van der Waals surface area contributed by atoms with Crippen molar-refractivity contribution in [2.75, 3.05) is 6.61 Å². The molecule has 1 unspecified atom stereocenters. The molecule has 31 heavy (non-hydrogen) atoms. The molecule has 0 saturated heterocycles. The fraction of sp³-hybridized carbons (Fsp3) is 0.348. The highest BCUT2D eigenvalue weighted by atomic mass is 35.5. The Hall–Kier alpha value is -2.57. The van der Waals surface area contributed by atoms with E-state index >= 15 is 0 Å². The van der Waals surface area contributed by atoms with Crippen LogP contribution >= 0.6 is 23.2 Å². The minimum absolute atomic E-state index is 0.164. The SMILES string of the molecule is CC(C)COc1ccc(C=NNC(=O)C(NC(=O)c2ccc(Cl)cc2Cl)C(C)C)cc1. The van der Waals surface area contributed by atoms with Crippen molar-refractivity contribution >= 4 is 41.2 Å². The van der Waals surface area contributed by atoms with Crippen molar-refractivity contribution in [3.8, 4) is 5.75 Å². The zero-order valence-corrected chi connectivity index (χ0v) is 19.5. The van der Waals surface area contributed by atoms with Gasteiger partial charge < -0.3 is 10.1 Å². The van der Waals surface area contributed by atoms with Gasteiger partial charge in [0.15, 0.2) is 0 Å². The highest BCUT2D eigenvalue weighted by Gasteiger charge is 2.25. The molecule has 0 radical (unpaired) electrons. The average molecular weight is 464 g/mol. The van der Waals surface area contributed by atoms with Gasteiger partial charge in [-0.3, -0.25) is 9.59 Å². The lowest BCUT2D eigenvalue weighted by Gasteiger charge is -2.20. The van der Waals surface area contributed by atoms with Gasteiger partial charge in [-0.2, -0.15) is 5.10 Å². The maximum Gasteiger partial charge on any atom is 0.262 e. The van der Waals surface area contributed by atoms with E-state index in [9.17, 15) is 9.59 Å². The molecule has 0 heterocycles. The summed E-state index contributed by atoms with van der Waals surface area (Å²) in [4.78, 5) is 25.1. The van der Waals surface area contributed by atoms with Crippen LogP contribution in [0.2, 0.25) is 10.0 Å². The number of nitrogens with zero attached hydrogens (tertiary/aromatic N) is 1. The standard InChI is InChI=1S/C23H27Cl2N3O3/c1-14(2)13-31-18-8-5-16(6-9-18)12-26-28-23(30)21(15(3)4)27-22(29)19-10-7-17(24)11-20(19)25/h5-12,14-15,21H,13H2,1-4H3,(H,27,29)(H,28,30). The van der Waals surface area contributed by atoms with Gasteiger partial charge in [-0.1, -0.05) is 50.9 Å². The minimum atomic E-state index is -0.789. The molecule has 2 N–H and O–H groups in total. The molecular weight excluding hydrogens is 437 g/mol. The van der Waals surface area contributed by atoms with Gasteiger partial charge in [0, 0.05) is 5.02 Å². The number of amides is 2. The number of ether oxygens (including phenoxy) is 1. The number of carbonyl (C=O) groups is 2. The Kier molecular flexibility index (Phi) is 9.34. The van der Waals surface area contributed by atoms with Gasteiger partial charge in [-0.15, -0.1) is 0 Å². The first-order valence-electron chi connectivity index (χ1n) is 9.99. The van der Waals surface area contributed by atoms with Crippen LogP contribution in [0.25, 0.3) is 0 Å². The van der Waals surface area contributed by atoms with Crippen LogP contribution in [0, 0.1) is 11.8 Å². The molecule has 0 fully saturated rings. The van der Waals surface area contributed by atoms with Crippen molar-refractivity contribution in [2.45, 2.75) is 33.7 Å². The van der Waals surface area contributed by atoms with Crippen LogP contribution in [0.4, 0.5) is 0 Å². The molecule has 2 amide bonds. The van der Waals surface area contributed by atoms with Crippen LogP contribution in [0.5, 0.6) is 5.75 Å². The molecule has 0 aromatic heterocycles. The lowest BCUT2D eigenvalue weighted by atomic mass is 10.0. The first-order chi connectivity index (χ1) is 14.7. The molecule has 0 saturated carbocycles. The van der Waals surface area contributed by atoms with E-state index < -0.39 is 17.9 Å². The summed E-state index contributed by atoms with van der Waals surface area (Å²) in [6.45, 7) is 8.47. The quantitative estimate of drug-likeness (QED) is 0.408. The molecular formula is C23H27Cl2N3O3. The molecule has 0 aliphatic rings. The highest BCUT2D eigenvalue weighted by molar-refractivity contribution is 6.36. The largest absolute Gasteiger partial charge is 0.493 e. The zero-order chi connectivity index (χ0) is 23.0. The third-order valence-electron chi connectivity index (χ3n) is 4.26. The van der Waals surface area contributed by atoms with E-state index in [1.807, 2.05) is 38.1 Å². The van der Waals surface area contributed by atoms with E-state index in [4.69, 9.17) is 27.9 Å². The second-order valence-electron chi connectivity index (χ2n) is 7.83. The summed E-state index contributed by atoms with van der Waals surface area (Å²) in [5, 5.41) is 7.34. The Morgan fingerprint density at radius 3 is 2.32 bits per heavy atom. The van der Waals surface area contributed by atoms with Gasteiger partial charge in [-0.25, -0.2) is 5.43 Å². The van der Waals surface area contributed by atoms with Crippen molar-refractivity contribution < 1.29 is 14.3 Å². The lowest BCUT2D eigenvalue weighted by Crippen LogP contribution is -2.48. The van der Waals surface area contributed by atoms with Gasteiger partial charge in [0.2, 0.25) is 0 Å². The third kappa shape index (κ3) is 7.89. The number of halogens is 2. The maximum absolute atomic E-state index is 12.6. The van der Waals surface area contributed by atoms with Crippen LogP contribution in [-0.2, 0) is 4.79 Å². The summed E-state index contributed by atoms with van der Waals surface area (Å²) in [5.41, 5.74) is 3.52. The second-order valence-corrected chi connectivity index (χ2v) is 8.67. The summed E-state index contributed by atoms with van der Waals surface area (Å²) in [5.74, 6) is 0.167. The maximum atomic E-state index is 12.6. The van der Waals surface area contributed by atoms with Crippen molar-refractivity contribution in [3.05, 3.63) is 63.6 Å². The number of benzene rings is 2. The van der Waals surface area contributed by atoms with Crippen LogP contribution < -0.4 is 15.5 Å². The number of hydrogen-bond donors (Lipinski definition) is 2. The van der Waals surface area contributed by atoms with Crippen molar-refractivity contribution in [3.63, 3.8) is 0 Å². The Morgan fingerprint density at radius 1 is 1.06 bits per heavy atom. The summed E-state index contributed by atoms with van der Waals surface area (Å²) < 4.78 is 5.64. The Labute approximate surface area is 193 Å². The van der Waals surface area contributed by atoms with Gasteiger partial charge in [0.05, 0.1) is 23.4 Å². The summed E-state index contributed by atoms with van der Waals surface area (Å²) >= 11 is 12.0. The van der Waals surface area contributed by atoms with Crippen LogP contribution in [0.3, 0.4) is 0 Å². The first kappa shape index (κ1) is 24.7. The first-order valence-corrected chi connectivity index (χ1v) is 10.7. The normalized spacial score (nSPS) is 12.3. The molecule has 0 spiro atoms. The molecule has 2 aromatic rings. The molecule has 166 valence electrons. The van der Waals surface area contributed by atoms with E-state index in [0.29, 0.717) is 17.5 Å². The van der Waals surface area contributed by atoms with E-state index in [2.05, 4.69) is 29.7 Å². The smallest absolute Gasteiger partial charge is 0.262 e. The highest BCUT2D eigenvalue weighted by Crippen LogP contribution is 2.21. The molecule has 8 heteroatoms. The van der Waals surface area contributed by atoms with Crippen molar-refractivity contribution in [1.82, 2.24) is 10.7 Å². The monoisotopic (exact) mass is 463 g/mol. The van der Waals surface area contributed by atoms with E-state index in [0.717, 1.165) is 11.3 Å². The van der Waals surface area contributed by atoms with Gasteiger partial charge in [0.1, 0.15) is 11.8 Å². The Morgan fingerprint density at radius 2 is 1.74 bits per heavy atom. The number of hydrazone groups is 1. The fourth-order valence-corrected chi connectivity index (χ4v) is 3.07. The third-order valence-corrected chi connectivity index (χ3v) is 4.81. The van der Waals surface area contributed by atoms with Crippen molar-refractivity contribution in [2.24, 2.45) is 16.9 Å². The van der Waals surface area contributed by atoms with Crippen LogP contribution in [0.1, 0.15) is 43.6 Å². The summed E-state index contributed by atoms with van der Waals surface area (Å²) in [6, 6.07) is 11.1. The number of hydrogen-bond acceptors (Lipinski definition) is 4. The van der Waals surface area contributed by atoms with E-state index in [-0.39, 0.29) is 16.5 Å². The van der Waals surface area contributed by atoms with E-state index in [1.165, 1.54) is 18.3 Å². The molecule has 6 nitrogen and oxygen atoms in total. The number of rotatable bonds is 9. The van der Waals surface area contributed by atoms with Gasteiger partial charge >= 0.3 is 0 Å². The predicted molar refractivity (Wildman–Crippen MR) is 125 cm³/mol. The predicted octanol–water partition coefficient (Wildman–Crippen LogP) is 4.93. The average Bonchev–Trinajstić information content (AvgIpc) is 2.70. The number of carbonyl (C=O) groups excluding carboxylic acids is 2. The van der Waals surface area contributed by atoms with Crippen molar-refractivity contribution in [1.29, 1.82) is 0 Å². The van der Waals surface area contributed by atoms with Crippen LogP contribution in [0.15, 0.2) is 47.6 Å². The topological polar surface area (TPSA) is 79.8 Å². The van der Waals surface area contributed by atoms with Crippen LogP contribution in [-0.4, -0.2) is 30.7 Å².